The van der Waals surface area contributed by atoms with Gasteiger partial charge in [-0.25, -0.2) is 0 Å². The molecule has 0 amide bonds. The zero-order valence-corrected chi connectivity index (χ0v) is 19.3. The minimum atomic E-state index is -4.44. The zero-order valence-electron chi connectivity index (χ0n) is 19.3. The third kappa shape index (κ3) is 4.70. The van der Waals surface area contributed by atoms with E-state index in [4.69, 9.17) is 19.9 Å². The number of hydrogen-bond donors (Lipinski definition) is 7. The lowest BCUT2D eigenvalue weighted by Crippen LogP contribution is -2.81. The highest BCUT2D eigenvalue weighted by Crippen LogP contribution is 2.46. The van der Waals surface area contributed by atoms with Crippen LogP contribution in [-0.2, 0) is 26.9 Å². The fraction of sp³-hybridized carbons (Fsp3) is 0.727. The maximum atomic E-state index is 12.8. The summed E-state index contributed by atoms with van der Waals surface area (Å²) in [5.74, 6) is -2.39. The van der Waals surface area contributed by atoms with Gasteiger partial charge in [0, 0.05) is 19.5 Å². The molecule has 2 saturated heterocycles. The van der Waals surface area contributed by atoms with Crippen molar-refractivity contribution in [2.45, 2.75) is 86.3 Å². The van der Waals surface area contributed by atoms with Gasteiger partial charge < -0.3 is 51.0 Å². The van der Waals surface area contributed by atoms with Crippen molar-refractivity contribution in [3.05, 3.63) is 35.4 Å². The van der Waals surface area contributed by atoms with Crippen LogP contribution >= 0.6 is 0 Å². The van der Waals surface area contributed by atoms with Crippen molar-refractivity contribution in [1.82, 2.24) is 10.6 Å². The third-order valence-corrected chi connectivity index (χ3v) is 7.10. The Morgan fingerprint density at radius 2 is 1.74 bits per heavy atom. The summed E-state index contributed by atoms with van der Waals surface area (Å²) in [6.07, 6.45) is -11.2. The predicted octanol–water partition coefficient (Wildman–Crippen LogP) is -1.22. The number of hydrogen-bond acceptors (Lipinski definition) is 10. The Bertz CT molecular complexity index is 894. The van der Waals surface area contributed by atoms with Crippen molar-refractivity contribution in [2.75, 3.05) is 13.6 Å². The quantitative estimate of drug-likeness (QED) is 0.258. The molecule has 1 aromatic rings. The molecule has 1 unspecified atom stereocenters. The van der Waals surface area contributed by atoms with Gasteiger partial charge >= 0.3 is 6.18 Å². The Balaban J connectivity index is 1.51. The molecule has 0 aromatic heterocycles. The molecule has 3 fully saturated rings. The van der Waals surface area contributed by atoms with E-state index in [0.29, 0.717) is 5.56 Å². The molecule has 2 heterocycles. The maximum absolute atomic E-state index is 12.8. The minimum Gasteiger partial charge on any atom is -0.390 e. The van der Waals surface area contributed by atoms with Crippen LogP contribution in [0.3, 0.4) is 0 Å². The van der Waals surface area contributed by atoms with Gasteiger partial charge in [0.15, 0.2) is 0 Å². The summed E-state index contributed by atoms with van der Waals surface area (Å²) in [6.45, 7) is 1.55. The minimum absolute atomic E-state index is 0.0599. The lowest BCUT2D eigenvalue weighted by Gasteiger charge is -2.60. The second-order valence-electron chi connectivity index (χ2n) is 9.57. The van der Waals surface area contributed by atoms with E-state index in [1.54, 1.807) is 14.0 Å². The van der Waals surface area contributed by atoms with E-state index in [0.717, 1.165) is 12.1 Å². The first-order valence-electron chi connectivity index (χ1n) is 11.4. The first-order chi connectivity index (χ1) is 16.3. The predicted molar refractivity (Wildman–Crippen MR) is 115 cm³/mol. The second kappa shape index (κ2) is 9.49. The molecule has 10 nitrogen and oxygen atoms in total. The van der Waals surface area contributed by atoms with Crippen LogP contribution in [0.4, 0.5) is 13.2 Å². The van der Waals surface area contributed by atoms with Gasteiger partial charge in [-0.1, -0.05) is 12.1 Å². The number of halogens is 3. The second-order valence-corrected chi connectivity index (χ2v) is 9.57. The molecular weight excluding hydrogens is 475 g/mol. The first kappa shape index (κ1) is 26.7. The third-order valence-electron chi connectivity index (χ3n) is 7.10. The van der Waals surface area contributed by atoms with Crippen LogP contribution in [0, 0.1) is 0 Å². The highest BCUT2D eigenvalue weighted by molar-refractivity contribution is 5.24. The van der Waals surface area contributed by atoms with Gasteiger partial charge in [-0.05, 0) is 31.7 Å². The van der Waals surface area contributed by atoms with E-state index < -0.39 is 72.0 Å². The normalized spacial score (nSPS) is 43.9. The molecular formula is C22H32F3N3O7. The zero-order chi connectivity index (χ0) is 25.8. The molecule has 0 radical (unpaired) electrons. The topological polar surface area (TPSA) is 159 Å². The number of nitrogens with one attached hydrogen (secondary N) is 2. The number of benzene rings is 1. The Morgan fingerprint density at radius 1 is 1.09 bits per heavy atom. The molecule has 198 valence electrons. The van der Waals surface area contributed by atoms with E-state index in [-0.39, 0.29) is 19.5 Å². The van der Waals surface area contributed by atoms with Crippen molar-refractivity contribution in [3.63, 3.8) is 0 Å². The van der Waals surface area contributed by atoms with Crippen molar-refractivity contribution in [3.8, 4) is 0 Å². The molecule has 0 spiro atoms. The Kier molecular flexibility index (Phi) is 7.23. The molecule has 8 N–H and O–H groups in total. The molecule has 4 rings (SSSR count). The Hall–Kier alpha value is -1.39. The van der Waals surface area contributed by atoms with Gasteiger partial charge in [-0.3, -0.25) is 0 Å². The number of alkyl halides is 3. The lowest BCUT2D eigenvalue weighted by molar-refractivity contribution is -0.481. The molecule has 35 heavy (non-hydrogen) atoms. The number of nitrogens with two attached hydrogens (primary N) is 1. The number of aliphatic hydroxyl groups excluding tert-OH is 2. The van der Waals surface area contributed by atoms with Crippen molar-refractivity contribution in [1.29, 1.82) is 0 Å². The number of likely N-dealkylation sites (N-methyl/N-ethyl adjacent to an activating group) is 1. The van der Waals surface area contributed by atoms with Gasteiger partial charge in [-0.15, -0.1) is 0 Å². The van der Waals surface area contributed by atoms with Crippen LogP contribution in [0.15, 0.2) is 24.3 Å². The van der Waals surface area contributed by atoms with Gasteiger partial charge in [0.2, 0.25) is 12.1 Å². The smallest absolute Gasteiger partial charge is 0.390 e. The van der Waals surface area contributed by atoms with Crippen LogP contribution < -0.4 is 16.4 Å². The molecule has 13 heteroatoms. The van der Waals surface area contributed by atoms with Crippen LogP contribution in [0.5, 0.6) is 0 Å². The van der Waals surface area contributed by atoms with Crippen molar-refractivity contribution >= 4 is 0 Å². The number of ether oxygens (including phenoxy) is 3. The summed E-state index contributed by atoms with van der Waals surface area (Å²) >= 11 is 0. The molecule has 1 aromatic carbocycles. The summed E-state index contributed by atoms with van der Waals surface area (Å²) in [4.78, 5) is 0. The monoisotopic (exact) mass is 507 g/mol. The van der Waals surface area contributed by atoms with E-state index in [1.807, 2.05) is 0 Å². The fourth-order valence-electron chi connectivity index (χ4n) is 5.14. The van der Waals surface area contributed by atoms with Gasteiger partial charge in [-0.2, -0.15) is 13.2 Å². The number of fused-ring (bicyclic) bond motifs is 2. The van der Waals surface area contributed by atoms with Crippen LogP contribution in [0.25, 0.3) is 0 Å². The summed E-state index contributed by atoms with van der Waals surface area (Å²) < 4.78 is 55.9. The van der Waals surface area contributed by atoms with Gasteiger partial charge in [0.25, 0.3) is 0 Å². The largest absolute Gasteiger partial charge is 0.416 e. The standard InChI is InChI=1S/C22H32F3N3O7/c1-10-7-20(31,9-28-8-11-3-5-12(6-4-11)22(23,24)25)21(32)19(33-10)34-18-16(30)13(26)15(29)14(27-2)17(18)35-21/h3-6,10,13-19,27-32H,7-9,26H2,1-2H3/t10-,13-,14+,15+,16+,17-,18?,19+,20-,21-/m1/s1. The van der Waals surface area contributed by atoms with Crippen LogP contribution in [0.1, 0.15) is 24.5 Å². The molecule has 3 aliphatic rings. The first-order valence-corrected chi connectivity index (χ1v) is 11.4. The van der Waals surface area contributed by atoms with Crippen LogP contribution in [0.2, 0.25) is 0 Å². The van der Waals surface area contributed by atoms with Crippen molar-refractivity contribution in [2.24, 2.45) is 5.73 Å². The van der Waals surface area contributed by atoms with Gasteiger partial charge in [0.05, 0.1) is 29.9 Å². The summed E-state index contributed by atoms with van der Waals surface area (Å²) in [5.41, 5.74) is 3.75. The van der Waals surface area contributed by atoms with Crippen LogP contribution in [-0.4, -0.2) is 94.3 Å². The Morgan fingerprint density at radius 3 is 2.34 bits per heavy atom. The highest BCUT2D eigenvalue weighted by Gasteiger charge is 2.68. The lowest BCUT2D eigenvalue weighted by atomic mass is 9.78. The van der Waals surface area contributed by atoms with E-state index >= 15 is 0 Å². The highest BCUT2D eigenvalue weighted by atomic mass is 19.4. The fourth-order valence-corrected chi connectivity index (χ4v) is 5.14. The average molecular weight is 508 g/mol. The Labute approximate surface area is 200 Å². The SMILES string of the molecule is CN[C@H]1[C@@H](O)[C@@H](N)[C@H](O)C2O[C@@H]3O[C@H](C)C[C@@](O)(CNCc4ccc(C(F)(F)F)cc4)[C@]3(O)O[C@@H]21. The van der Waals surface area contributed by atoms with Gasteiger partial charge in [0.1, 0.15) is 23.9 Å². The van der Waals surface area contributed by atoms with Crippen molar-refractivity contribution < 1.29 is 47.8 Å². The number of aliphatic hydroxyl groups is 4. The number of rotatable bonds is 5. The molecule has 0 bridgehead atoms. The molecule has 1 aliphatic carbocycles. The average Bonchev–Trinajstić information content (AvgIpc) is 2.78. The molecule has 10 atom stereocenters. The van der Waals surface area contributed by atoms with E-state index in [2.05, 4.69) is 10.6 Å². The van der Waals surface area contributed by atoms with E-state index in [9.17, 15) is 33.6 Å². The summed E-state index contributed by atoms with van der Waals surface area (Å²) in [7, 11) is 1.55. The molecule has 1 saturated carbocycles. The summed E-state index contributed by atoms with van der Waals surface area (Å²) in [5, 5.41) is 49.9. The maximum Gasteiger partial charge on any atom is 0.416 e. The summed E-state index contributed by atoms with van der Waals surface area (Å²) in [6, 6.07) is 2.69. The molecule has 2 aliphatic heterocycles. The van der Waals surface area contributed by atoms with E-state index in [1.165, 1.54) is 12.1 Å².